The number of ether oxygens (including phenoxy) is 1. The molecular formula is C28H23F6NO4. The van der Waals surface area contributed by atoms with Gasteiger partial charge in [0.1, 0.15) is 12.6 Å². The average molecular weight is 551 g/mol. The molecule has 0 unspecified atom stereocenters. The summed E-state index contributed by atoms with van der Waals surface area (Å²) in [4.78, 5) is 25.5. The first-order valence-corrected chi connectivity index (χ1v) is 11.9. The zero-order valence-electron chi connectivity index (χ0n) is 20.5. The van der Waals surface area contributed by atoms with Gasteiger partial charge in [-0.05, 0) is 58.9 Å². The molecule has 0 aromatic heterocycles. The van der Waals surface area contributed by atoms with Gasteiger partial charge in [0.05, 0.1) is 11.1 Å². The van der Waals surface area contributed by atoms with E-state index < -0.39 is 54.4 Å². The lowest BCUT2D eigenvalue weighted by atomic mass is 9.98. The molecule has 0 spiro atoms. The molecule has 1 amide bonds. The SMILES string of the molecule is CN(C(=O)OCC1c2ccccc2-c2ccccc21)[C@@H](CCc1cc(C(F)(F)F)cc(C(F)(F)F)c1)C(=O)O. The van der Waals surface area contributed by atoms with Crippen LogP contribution in [0.3, 0.4) is 0 Å². The summed E-state index contributed by atoms with van der Waals surface area (Å²) in [6.07, 6.45) is -11.9. The monoisotopic (exact) mass is 551 g/mol. The molecule has 0 fully saturated rings. The number of amides is 1. The molecule has 0 saturated carbocycles. The summed E-state index contributed by atoms with van der Waals surface area (Å²) in [6.45, 7) is -0.0912. The van der Waals surface area contributed by atoms with E-state index in [1.54, 1.807) is 0 Å². The number of carboxylic acids is 1. The number of carbonyl (C=O) groups excluding carboxylic acids is 1. The minimum absolute atomic E-state index is 0.000981. The Hall–Kier alpha value is -4.02. The number of fused-ring (bicyclic) bond motifs is 3. The molecule has 206 valence electrons. The maximum absolute atomic E-state index is 13.2. The van der Waals surface area contributed by atoms with E-state index in [1.807, 2.05) is 48.5 Å². The zero-order chi connectivity index (χ0) is 28.5. The van der Waals surface area contributed by atoms with Gasteiger partial charge in [0.15, 0.2) is 0 Å². The molecule has 3 aromatic carbocycles. The van der Waals surface area contributed by atoms with Crippen molar-refractivity contribution in [2.24, 2.45) is 0 Å². The predicted octanol–water partition coefficient (Wildman–Crippen LogP) is 6.99. The number of alkyl halides is 6. The van der Waals surface area contributed by atoms with Crippen LogP contribution < -0.4 is 0 Å². The number of halogens is 6. The highest BCUT2D eigenvalue weighted by Gasteiger charge is 2.37. The number of likely N-dealkylation sites (N-methyl/N-ethyl adjacent to an activating group) is 1. The van der Waals surface area contributed by atoms with E-state index in [0.717, 1.165) is 34.2 Å². The van der Waals surface area contributed by atoms with Crippen molar-refractivity contribution >= 4 is 12.1 Å². The fraction of sp³-hybridized carbons (Fsp3) is 0.286. The smallest absolute Gasteiger partial charge is 0.416 e. The van der Waals surface area contributed by atoms with E-state index in [1.165, 1.54) is 0 Å². The quantitative estimate of drug-likeness (QED) is 0.322. The second-order valence-electron chi connectivity index (χ2n) is 9.22. The van der Waals surface area contributed by atoms with Crippen LogP contribution >= 0.6 is 0 Å². The van der Waals surface area contributed by atoms with Crippen molar-refractivity contribution in [2.75, 3.05) is 13.7 Å². The number of benzene rings is 3. The van der Waals surface area contributed by atoms with Gasteiger partial charge in [-0.2, -0.15) is 26.3 Å². The van der Waals surface area contributed by atoms with Gasteiger partial charge in [-0.3, -0.25) is 4.90 Å². The number of hydrogen-bond acceptors (Lipinski definition) is 3. The third-order valence-electron chi connectivity index (χ3n) is 6.73. The first kappa shape index (κ1) is 28.0. The van der Waals surface area contributed by atoms with E-state index in [-0.39, 0.29) is 24.2 Å². The fourth-order valence-corrected chi connectivity index (χ4v) is 4.77. The third-order valence-corrected chi connectivity index (χ3v) is 6.73. The molecular weight excluding hydrogens is 528 g/mol. The van der Waals surface area contributed by atoms with Gasteiger partial charge < -0.3 is 9.84 Å². The summed E-state index contributed by atoms with van der Waals surface area (Å²) in [5.41, 5.74) is 0.510. The molecule has 1 aliphatic carbocycles. The van der Waals surface area contributed by atoms with Crippen molar-refractivity contribution in [3.63, 3.8) is 0 Å². The minimum Gasteiger partial charge on any atom is -0.480 e. The van der Waals surface area contributed by atoms with Crippen molar-refractivity contribution in [1.29, 1.82) is 0 Å². The van der Waals surface area contributed by atoms with Gasteiger partial charge in [0.25, 0.3) is 0 Å². The Morgan fingerprint density at radius 1 is 0.872 bits per heavy atom. The Kier molecular flexibility index (Phi) is 7.63. The number of hydrogen-bond donors (Lipinski definition) is 1. The number of carboxylic acid groups (broad SMARTS) is 1. The number of carbonyl (C=O) groups is 2. The molecule has 0 aliphatic heterocycles. The highest BCUT2D eigenvalue weighted by atomic mass is 19.4. The molecule has 0 saturated heterocycles. The van der Waals surface area contributed by atoms with E-state index in [2.05, 4.69) is 0 Å². The number of aryl methyl sites for hydroxylation is 1. The lowest BCUT2D eigenvalue weighted by Crippen LogP contribution is -2.43. The molecule has 1 aliphatic rings. The van der Waals surface area contributed by atoms with Gasteiger partial charge in [-0.25, -0.2) is 9.59 Å². The number of aliphatic carboxylic acids is 1. The molecule has 39 heavy (non-hydrogen) atoms. The Morgan fingerprint density at radius 3 is 1.82 bits per heavy atom. The van der Waals surface area contributed by atoms with Crippen LogP contribution in [0.4, 0.5) is 31.1 Å². The van der Waals surface area contributed by atoms with Crippen LogP contribution in [0, 0.1) is 0 Å². The Balaban J connectivity index is 1.47. The van der Waals surface area contributed by atoms with Gasteiger partial charge in [-0.15, -0.1) is 0 Å². The number of rotatable bonds is 7. The van der Waals surface area contributed by atoms with Gasteiger partial charge in [0, 0.05) is 13.0 Å². The molecule has 1 atom stereocenters. The maximum atomic E-state index is 13.2. The Morgan fingerprint density at radius 2 is 1.36 bits per heavy atom. The highest BCUT2D eigenvalue weighted by molar-refractivity contribution is 5.81. The van der Waals surface area contributed by atoms with E-state index >= 15 is 0 Å². The van der Waals surface area contributed by atoms with Gasteiger partial charge in [0.2, 0.25) is 0 Å². The van der Waals surface area contributed by atoms with Crippen LogP contribution in [0.25, 0.3) is 11.1 Å². The van der Waals surface area contributed by atoms with E-state index in [9.17, 15) is 41.0 Å². The van der Waals surface area contributed by atoms with Crippen molar-refractivity contribution in [1.82, 2.24) is 4.90 Å². The first-order valence-electron chi connectivity index (χ1n) is 11.9. The largest absolute Gasteiger partial charge is 0.480 e. The highest BCUT2D eigenvalue weighted by Crippen LogP contribution is 2.44. The van der Waals surface area contributed by atoms with Gasteiger partial charge >= 0.3 is 24.4 Å². The Labute approximate surface area is 219 Å². The topological polar surface area (TPSA) is 66.8 Å². The molecule has 0 heterocycles. The molecule has 1 N–H and O–H groups in total. The Bertz CT molecular complexity index is 1310. The summed E-state index contributed by atoms with van der Waals surface area (Å²) in [5.74, 6) is -1.77. The third kappa shape index (κ3) is 6.02. The van der Waals surface area contributed by atoms with Gasteiger partial charge in [-0.1, -0.05) is 48.5 Å². The van der Waals surface area contributed by atoms with Crippen LogP contribution in [0.5, 0.6) is 0 Å². The maximum Gasteiger partial charge on any atom is 0.416 e. The second-order valence-corrected chi connectivity index (χ2v) is 9.22. The summed E-state index contributed by atoms with van der Waals surface area (Å²) >= 11 is 0. The first-order chi connectivity index (χ1) is 18.3. The van der Waals surface area contributed by atoms with Crippen molar-refractivity contribution < 1.29 is 45.8 Å². The standard InChI is InChI=1S/C28H23F6NO4/c1-35(26(38)39-15-23-21-8-4-2-6-19(21)20-7-3-5-9-22(20)23)24(25(36)37)11-10-16-12-17(27(29,30)31)14-18(13-16)28(32,33)34/h2-9,12-14,23-24H,10-11,15H2,1H3,(H,36,37)/t24-/m0/s1. The summed E-state index contributed by atoms with van der Waals surface area (Å²) in [7, 11) is 1.16. The number of nitrogens with zero attached hydrogens (tertiary/aromatic N) is 1. The molecule has 0 radical (unpaired) electrons. The molecule has 11 heteroatoms. The van der Waals surface area contributed by atoms with Crippen LogP contribution in [0.2, 0.25) is 0 Å². The van der Waals surface area contributed by atoms with Crippen LogP contribution in [0.1, 0.15) is 40.2 Å². The van der Waals surface area contributed by atoms with Crippen LogP contribution in [-0.2, 0) is 28.3 Å². The fourth-order valence-electron chi connectivity index (χ4n) is 4.77. The summed E-state index contributed by atoms with van der Waals surface area (Å²) < 4.78 is 84.4. The lowest BCUT2D eigenvalue weighted by molar-refractivity contribution is -0.144. The lowest BCUT2D eigenvalue weighted by Gasteiger charge is -2.25. The summed E-state index contributed by atoms with van der Waals surface area (Å²) in [5, 5.41) is 9.67. The molecule has 5 nitrogen and oxygen atoms in total. The average Bonchev–Trinajstić information content (AvgIpc) is 3.19. The van der Waals surface area contributed by atoms with E-state index in [4.69, 9.17) is 4.74 Å². The zero-order valence-corrected chi connectivity index (χ0v) is 20.5. The van der Waals surface area contributed by atoms with Crippen LogP contribution in [-0.4, -0.2) is 41.8 Å². The second kappa shape index (κ2) is 10.6. The van der Waals surface area contributed by atoms with Crippen LogP contribution in [0.15, 0.2) is 66.7 Å². The van der Waals surface area contributed by atoms with Crippen molar-refractivity contribution in [3.05, 3.63) is 94.5 Å². The van der Waals surface area contributed by atoms with E-state index in [0.29, 0.717) is 12.1 Å². The molecule has 0 bridgehead atoms. The minimum atomic E-state index is -5.03. The molecule has 4 rings (SSSR count). The predicted molar refractivity (Wildman–Crippen MR) is 129 cm³/mol. The normalized spacial score (nSPS) is 13.9. The van der Waals surface area contributed by atoms with Crippen molar-refractivity contribution in [3.8, 4) is 11.1 Å². The summed E-state index contributed by atoms with van der Waals surface area (Å²) in [6, 6.07) is 14.7. The van der Waals surface area contributed by atoms with Crippen molar-refractivity contribution in [2.45, 2.75) is 37.2 Å². The molecule has 3 aromatic rings.